The summed E-state index contributed by atoms with van der Waals surface area (Å²) in [5.74, 6) is -1.57. The fourth-order valence-electron chi connectivity index (χ4n) is 2.14. The molecule has 1 amide bonds. The van der Waals surface area contributed by atoms with Crippen LogP contribution in [0.4, 0.5) is 4.39 Å². The van der Waals surface area contributed by atoms with Crippen LogP contribution in [-0.4, -0.2) is 24.0 Å². The standard InChI is InChI=1S/C19H20FNO3/c1-19(2,3)24-17(22)12-21-18(23)14-9-10-15(16(20)11-14)13-7-5-4-6-8-13/h4-11H,12H2,1-3H3,(H,21,23). The Morgan fingerprint density at radius 1 is 1.08 bits per heavy atom. The largest absolute Gasteiger partial charge is 0.459 e. The minimum Gasteiger partial charge on any atom is -0.459 e. The third kappa shape index (κ3) is 4.91. The Balaban J connectivity index is 2.04. The van der Waals surface area contributed by atoms with Gasteiger partial charge in [0.05, 0.1) is 0 Å². The van der Waals surface area contributed by atoms with E-state index in [0.29, 0.717) is 5.56 Å². The Morgan fingerprint density at radius 2 is 1.75 bits per heavy atom. The summed E-state index contributed by atoms with van der Waals surface area (Å²) in [4.78, 5) is 23.6. The first-order chi connectivity index (χ1) is 11.3. The number of carbonyl (C=O) groups is 2. The number of rotatable bonds is 4. The second kappa shape index (κ2) is 7.25. The second-order valence-corrected chi connectivity index (χ2v) is 6.33. The van der Waals surface area contributed by atoms with Crippen LogP contribution < -0.4 is 5.32 Å². The van der Waals surface area contributed by atoms with Crippen LogP contribution in [0.1, 0.15) is 31.1 Å². The van der Waals surface area contributed by atoms with E-state index in [1.807, 2.05) is 18.2 Å². The van der Waals surface area contributed by atoms with Gasteiger partial charge in [-0.1, -0.05) is 36.4 Å². The normalized spacial score (nSPS) is 11.0. The lowest BCUT2D eigenvalue weighted by molar-refractivity contribution is -0.153. The maximum Gasteiger partial charge on any atom is 0.325 e. The molecule has 0 aliphatic carbocycles. The van der Waals surface area contributed by atoms with Gasteiger partial charge in [-0.15, -0.1) is 0 Å². The van der Waals surface area contributed by atoms with Gasteiger partial charge in [-0.3, -0.25) is 9.59 Å². The number of hydrogen-bond acceptors (Lipinski definition) is 3. The van der Waals surface area contributed by atoms with Gasteiger partial charge in [0.15, 0.2) is 0 Å². The molecule has 0 bridgehead atoms. The molecule has 5 heteroatoms. The summed E-state index contributed by atoms with van der Waals surface area (Å²) in [5, 5.41) is 2.43. The van der Waals surface area contributed by atoms with E-state index < -0.39 is 23.3 Å². The van der Waals surface area contributed by atoms with E-state index in [9.17, 15) is 14.0 Å². The lowest BCUT2D eigenvalue weighted by Gasteiger charge is -2.19. The Bertz CT molecular complexity index is 736. The van der Waals surface area contributed by atoms with Gasteiger partial charge in [0.2, 0.25) is 0 Å². The molecule has 0 aliphatic rings. The van der Waals surface area contributed by atoms with Crippen molar-refractivity contribution in [2.45, 2.75) is 26.4 Å². The minimum absolute atomic E-state index is 0.149. The van der Waals surface area contributed by atoms with Crippen LogP contribution in [0.15, 0.2) is 48.5 Å². The van der Waals surface area contributed by atoms with E-state index >= 15 is 0 Å². The molecular weight excluding hydrogens is 309 g/mol. The summed E-state index contributed by atoms with van der Waals surface area (Å²) in [6.07, 6.45) is 0. The number of benzene rings is 2. The van der Waals surface area contributed by atoms with Crippen molar-refractivity contribution in [1.82, 2.24) is 5.32 Å². The summed E-state index contributed by atoms with van der Waals surface area (Å²) >= 11 is 0. The smallest absolute Gasteiger partial charge is 0.325 e. The second-order valence-electron chi connectivity index (χ2n) is 6.33. The van der Waals surface area contributed by atoms with Crippen LogP contribution in [0, 0.1) is 5.82 Å². The molecule has 0 unspecified atom stereocenters. The van der Waals surface area contributed by atoms with Crippen LogP contribution >= 0.6 is 0 Å². The van der Waals surface area contributed by atoms with Gasteiger partial charge in [-0.25, -0.2) is 4.39 Å². The third-order valence-electron chi connectivity index (χ3n) is 3.13. The van der Waals surface area contributed by atoms with Gasteiger partial charge in [0, 0.05) is 11.1 Å². The molecule has 0 fully saturated rings. The molecular formula is C19H20FNO3. The molecule has 0 heterocycles. The molecule has 4 nitrogen and oxygen atoms in total. The number of carbonyl (C=O) groups excluding carboxylic acids is 2. The fourth-order valence-corrected chi connectivity index (χ4v) is 2.14. The number of ether oxygens (including phenoxy) is 1. The first-order valence-corrected chi connectivity index (χ1v) is 7.61. The van der Waals surface area contributed by atoms with Gasteiger partial charge in [-0.2, -0.15) is 0 Å². The molecule has 0 saturated carbocycles. The Morgan fingerprint density at radius 3 is 2.33 bits per heavy atom. The monoisotopic (exact) mass is 329 g/mol. The summed E-state index contributed by atoms with van der Waals surface area (Å²) in [5.41, 5.74) is 0.677. The number of esters is 1. The number of halogens is 1. The van der Waals surface area contributed by atoms with E-state index in [4.69, 9.17) is 4.74 Å². The average molecular weight is 329 g/mol. The highest BCUT2D eigenvalue weighted by Crippen LogP contribution is 2.23. The summed E-state index contributed by atoms with van der Waals surface area (Å²) < 4.78 is 19.3. The van der Waals surface area contributed by atoms with Crippen LogP contribution in [-0.2, 0) is 9.53 Å². The zero-order valence-electron chi connectivity index (χ0n) is 13.9. The van der Waals surface area contributed by atoms with Gasteiger partial charge in [0.1, 0.15) is 18.0 Å². The molecule has 0 radical (unpaired) electrons. The zero-order valence-corrected chi connectivity index (χ0v) is 13.9. The molecule has 0 aromatic heterocycles. The predicted octanol–water partition coefficient (Wildman–Crippen LogP) is 3.56. The Kier molecular flexibility index (Phi) is 5.34. The van der Waals surface area contributed by atoms with E-state index in [-0.39, 0.29) is 12.1 Å². The lowest BCUT2D eigenvalue weighted by atomic mass is 10.0. The SMILES string of the molecule is CC(C)(C)OC(=O)CNC(=O)c1ccc(-c2ccccc2)c(F)c1. The van der Waals surface area contributed by atoms with Crippen molar-refractivity contribution in [3.8, 4) is 11.1 Å². The number of amides is 1. The maximum atomic E-state index is 14.2. The van der Waals surface area contributed by atoms with Crippen molar-refractivity contribution in [2.75, 3.05) is 6.54 Å². The van der Waals surface area contributed by atoms with Crippen LogP contribution in [0.5, 0.6) is 0 Å². The Hall–Kier alpha value is -2.69. The molecule has 2 aromatic carbocycles. The molecule has 0 spiro atoms. The molecule has 0 atom stereocenters. The number of nitrogens with one attached hydrogen (secondary N) is 1. The quantitative estimate of drug-likeness (QED) is 0.873. The lowest BCUT2D eigenvalue weighted by Crippen LogP contribution is -2.34. The van der Waals surface area contributed by atoms with Gasteiger partial charge >= 0.3 is 5.97 Å². The van der Waals surface area contributed by atoms with Crippen molar-refractivity contribution in [3.05, 3.63) is 59.9 Å². The molecule has 1 N–H and O–H groups in total. The summed E-state index contributed by atoms with van der Waals surface area (Å²) in [6.45, 7) is 4.96. The van der Waals surface area contributed by atoms with Gasteiger partial charge in [-0.05, 0) is 38.5 Å². The van der Waals surface area contributed by atoms with Crippen LogP contribution in [0.2, 0.25) is 0 Å². The minimum atomic E-state index is -0.620. The molecule has 2 rings (SSSR count). The summed E-state index contributed by atoms with van der Waals surface area (Å²) in [6, 6.07) is 13.3. The predicted molar refractivity (Wildman–Crippen MR) is 90.0 cm³/mol. The van der Waals surface area contributed by atoms with E-state index in [0.717, 1.165) is 11.6 Å². The van der Waals surface area contributed by atoms with E-state index in [1.54, 1.807) is 39.0 Å². The van der Waals surface area contributed by atoms with Crippen LogP contribution in [0.3, 0.4) is 0 Å². The molecule has 0 saturated heterocycles. The van der Waals surface area contributed by atoms with Gasteiger partial charge < -0.3 is 10.1 Å². The molecule has 24 heavy (non-hydrogen) atoms. The van der Waals surface area contributed by atoms with Crippen molar-refractivity contribution in [1.29, 1.82) is 0 Å². The van der Waals surface area contributed by atoms with Crippen molar-refractivity contribution in [3.63, 3.8) is 0 Å². The molecule has 0 aliphatic heterocycles. The van der Waals surface area contributed by atoms with E-state index in [1.165, 1.54) is 6.07 Å². The highest BCUT2D eigenvalue weighted by molar-refractivity contribution is 5.96. The first-order valence-electron chi connectivity index (χ1n) is 7.61. The van der Waals surface area contributed by atoms with Crippen molar-refractivity contribution >= 4 is 11.9 Å². The zero-order chi connectivity index (χ0) is 17.7. The van der Waals surface area contributed by atoms with Gasteiger partial charge in [0.25, 0.3) is 5.91 Å². The third-order valence-corrected chi connectivity index (χ3v) is 3.13. The maximum absolute atomic E-state index is 14.2. The first kappa shape index (κ1) is 17.7. The van der Waals surface area contributed by atoms with Crippen molar-refractivity contribution < 1.29 is 18.7 Å². The average Bonchev–Trinajstić information content (AvgIpc) is 2.51. The number of hydrogen-bond donors (Lipinski definition) is 1. The van der Waals surface area contributed by atoms with Crippen LogP contribution in [0.25, 0.3) is 11.1 Å². The van der Waals surface area contributed by atoms with E-state index in [2.05, 4.69) is 5.32 Å². The Labute approximate surface area is 140 Å². The fraction of sp³-hybridized carbons (Fsp3) is 0.263. The molecule has 2 aromatic rings. The van der Waals surface area contributed by atoms with Crippen molar-refractivity contribution in [2.24, 2.45) is 0 Å². The molecule has 126 valence electrons. The highest BCUT2D eigenvalue weighted by atomic mass is 19.1. The highest BCUT2D eigenvalue weighted by Gasteiger charge is 2.17. The summed E-state index contributed by atoms with van der Waals surface area (Å²) in [7, 11) is 0. The topological polar surface area (TPSA) is 55.4 Å².